The summed E-state index contributed by atoms with van der Waals surface area (Å²) in [5, 5.41) is 2.90. The van der Waals surface area contributed by atoms with Crippen LogP contribution in [-0.2, 0) is 4.74 Å². The first kappa shape index (κ1) is 16.7. The Morgan fingerprint density at radius 1 is 1.35 bits per heavy atom. The fraction of sp³-hybridized carbons (Fsp3) is 0.615. The van der Waals surface area contributed by atoms with Crippen LogP contribution in [-0.4, -0.2) is 38.0 Å². The molecule has 0 fully saturated rings. The lowest BCUT2D eigenvalue weighted by Gasteiger charge is -2.18. The molecule has 20 heavy (non-hydrogen) atoms. The highest BCUT2D eigenvalue weighted by molar-refractivity contribution is 5.26. The van der Waals surface area contributed by atoms with Gasteiger partial charge in [0.2, 0.25) is 0 Å². The van der Waals surface area contributed by atoms with Gasteiger partial charge in [-0.2, -0.15) is 13.2 Å². The Morgan fingerprint density at radius 2 is 2.10 bits per heavy atom. The molecule has 7 heteroatoms. The van der Waals surface area contributed by atoms with Crippen molar-refractivity contribution in [3.05, 3.63) is 24.0 Å². The van der Waals surface area contributed by atoms with Crippen molar-refractivity contribution in [2.45, 2.75) is 25.6 Å². The van der Waals surface area contributed by atoms with E-state index in [-0.39, 0.29) is 12.6 Å². The summed E-state index contributed by atoms with van der Waals surface area (Å²) in [7, 11) is 1.65. The van der Waals surface area contributed by atoms with E-state index in [0.29, 0.717) is 12.4 Å². The first-order chi connectivity index (χ1) is 9.46. The molecule has 0 aromatic carbocycles. The van der Waals surface area contributed by atoms with Gasteiger partial charge in [-0.15, -0.1) is 0 Å². The second-order valence-corrected chi connectivity index (χ2v) is 4.27. The molecule has 114 valence electrons. The maximum Gasteiger partial charge on any atom is 0.411 e. The quantitative estimate of drug-likeness (QED) is 0.800. The van der Waals surface area contributed by atoms with Crippen LogP contribution in [0.1, 0.15) is 24.9 Å². The molecule has 0 radical (unpaired) electrons. The summed E-state index contributed by atoms with van der Waals surface area (Å²) < 4.78 is 46.2. The Hall–Kier alpha value is -1.34. The van der Waals surface area contributed by atoms with E-state index in [9.17, 15) is 13.2 Å². The van der Waals surface area contributed by atoms with Gasteiger partial charge >= 0.3 is 6.18 Å². The van der Waals surface area contributed by atoms with Crippen molar-refractivity contribution >= 4 is 0 Å². The lowest BCUT2D eigenvalue weighted by molar-refractivity contribution is -0.175. The molecule has 0 bridgehead atoms. The molecule has 0 spiro atoms. The molecule has 1 unspecified atom stereocenters. The topological polar surface area (TPSA) is 43.4 Å². The second kappa shape index (κ2) is 8.06. The fourth-order valence-electron chi connectivity index (χ4n) is 1.56. The monoisotopic (exact) mass is 292 g/mol. The van der Waals surface area contributed by atoms with Gasteiger partial charge in [-0.25, -0.2) is 0 Å². The van der Waals surface area contributed by atoms with Gasteiger partial charge in [0.15, 0.2) is 0 Å². The Labute approximate surface area is 116 Å². The van der Waals surface area contributed by atoms with Crippen LogP contribution in [0.5, 0.6) is 5.75 Å². The minimum Gasteiger partial charge on any atom is -0.492 e. The van der Waals surface area contributed by atoms with Gasteiger partial charge in [0.05, 0.1) is 25.5 Å². The van der Waals surface area contributed by atoms with Crippen LogP contribution in [0, 0.1) is 0 Å². The number of halogens is 3. The van der Waals surface area contributed by atoms with Crippen LogP contribution < -0.4 is 10.1 Å². The van der Waals surface area contributed by atoms with Gasteiger partial charge in [0.25, 0.3) is 0 Å². The molecular formula is C13H19F3N2O2. The highest BCUT2D eigenvalue weighted by Gasteiger charge is 2.28. The zero-order valence-electron chi connectivity index (χ0n) is 11.5. The summed E-state index contributed by atoms with van der Waals surface area (Å²) in [6.45, 7) is 1.21. The first-order valence-electron chi connectivity index (χ1n) is 6.35. The van der Waals surface area contributed by atoms with Gasteiger partial charge in [0.1, 0.15) is 12.4 Å². The standard InChI is InChI=1S/C13H19F3N2O2/c1-3-4-20-11-5-10(6-18-7-11)12(17-2)8-19-9-13(14,15)16/h5-7,12,17H,3-4,8-9H2,1-2H3. The van der Waals surface area contributed by atoms with Gasteiger partial charge in [-0.3, -0.25) is 4.98 Å². The number of nitrogens with one attached hydrogen (secondary N) is 1. The van der Waals surface area contributed by atoms with Gasteiger partial charge < -0.3 is 14.8 Å². The van der Waals surface area contributed by atoms with E-state index < -0.39 is 12.8 Å². The SMILES string of the molecule is CCCOc1cncc(C(COCC(F)(F)F)NC)c1. The smallest absolute Gasteiger partial charge is 0.411 e. The van der Waals surface area contributed by atoms with Crippen molar-refractivity contribution < 1.29 is 22.6 Å². The Bertz CT molecular complexity index is 399. The largest absolute Gasteiger partial charge is 0.492 e. The molecule has 1 atom stereocenters. The maximum atomic E-state index is 12.0. The number of nitrogens with zero attached hydrogens (tertiary/aromatic N) is 1. The molecule has 1 rings (SSSR count). The van der Waals surface area contributed by atoms with Crippen LogP contribution in [0.25, 0.3) is 0 Å². The zero-order chi connectivity index (χ0) is 15.0. The Balaban J connectivity index is 2.60. The minimum atomic E-state index is -4.32. The number of hydrogen-bond donors (Lipinski definition) is 1. The van der Waals surface area contributed by atoms with E-state index >= 15 is 0 Å². The van der Waals surface area contributed by atoms with Crippen LogP contribution in [0.4, 0.5) is 13.2 Å². The first-order valence-corrected chi connectivity index (χ1v) is 6.35. The van der Waals surface area contributed by atoms with Crippen LogP contribution in [0.2, 0.25) is 0 Å². The summed E-state index contributed by atoms with van der Waals surface area (Å²) >= 11 is 0. The van der Waals surface area contributed by atoms with Gasteiger partial charge in [-0.1, -0.05) is 6.92 Å². The normalized spacial score (nSPS) is 13.2. The number of hydrogen-bond acceptors (Lipinski definition) is 4. The van der Waals surface area contributed by atoms with Crippen LogP contribution >= 0.6 is 0 Å². The number of ether oxygens (including phenoxy) is 2. The fourth-order valence-corrected chi connectivity index (χ4v) is 1.56. The summed E-state index contributed by atoms with van der Waals surface area (Å²) in [4.78, 5) is 4.02. The third-order valence-corrected chi connectivity index (χ3v) is 2.51. The zero-order valence-corrected chi connectivity index (χ0v) is 11.5. The molecule has 1 aromatic rings. The average molecular weight is 292 g/mol. The highest BCUT2D eigenvalue weighted by Crippen LogP contribution is 2.20. The lowest BCUT2D eigenvalue weighted by Crippen LogP contribution is -2.25. The van der Waals surface area contributed by atoms with Crippen molar-refractivity contribution in [3.63, 3.8) is 0 Å². The van der Waals surface area contributed by atoms with Gasteiger partial charge in [-0.05, 0) is 25.1 Å². The molecule has 0 saturated heterocycles. The predicted molar refractivity (Wildman–Crippen MR) is 68.7 cm³/mol. The van der Waals surface area contributed by atoms with E-state index in [1.165, 1.54) is 0 Å². The van der Waals surface area contributed by atoms with E-state index in [1.807, 2.05) is 6.92 Å². The van der Waals surface area contributed by atoms with E-state index in [4.69, 9.17) is 4.74 Å². The van der Waals surface area contributed by atoms with Crippen molar-refractivity contribution in [3.8, 4) is 5.75 Å². The molecule has 1 heterocycles. The summed E-state index contributed by atoms with van der Waals surface area (Å²) in [5.41, 5.74) is 0.725. The third kappa shape index (κ3) is 6.21. The number of aromatic nitrogens is 1. The minimum absolute atomic E-state index is 0.0884. The third-order valence-electron chi connectivity index (χ3n) is 2.51. The number of alkyl halides is 3. The second-order valence-electron chi connectivity index (χ2n) is 4.27. The number of likely N-dealkylation sites (N-methyl/N-ethyl adjacent to an activating group) is 1. The van der Waals surface area contributed by atoms with Crippen molar-refractivity contribution in [2.75, 3.05) is 26.9 Å². The molecule has 1 N–H and O–H groups in total. The maximum absolute atomic E-state index is 12.0. The summed E-state index contributed by atoms with van der Waals surface area (Å²) in [5.74, 6) is 0.598. The molecule has 4 nitrogen and oxygen atoms in total. The van der Waals surface area contributed by atoms with E-state index in [2.05, 4.69) is 15.0 Å². The van der Waals surface area contributed by atoms with Gasteiger partial charge in [0, 0.05) is 6.20 Å². The van der Waals surface area contributed by atoms with Crippen molar-refractivity contribution in [1.29, 1.82) is 0 Å². The predicted octanol–water partition coefficient (Wildman–Crippen LogP) is 2.71. The number of pyridine rings is 1. The summed E-state index contributed by atoms with van der Waals surface area (Å²) in [6.07, 6.45) is -0.295. The molecule has 0 saturated carbocycles. The van der Waals surface area contributed by atoms with Crippen molar-refractivity contribution in [1.82, 2.24) is 10.3 Å². The molecule has 0 amide bonds. The lowest BCUT2D eigenvalue weighted by atomic mass is 10.1. The molecule has 0 aliphatic rings. The number of rotatable bonds is 8. The molecule has 0 aliphatic heterocycles. The Morgan fingerprint density at radius 3 is 2.70 bits per heavy atom. The van der Waals surface area contributed by atoms with Crippen LogP contribution in [0.3, 0.4) is 0 Å². The van der Waals surface area contributed by atoms with Crippen molar-refractivity contribution in [2.24, 2.45) is 0 Å². The Kier molecular flexibility index (Phi) is 6.74. The van der Waals surface area contributed by atoms with Crippen LogP contribution in [0.15, 0.2) is 18.5 Å². The summed E-state index contributed by atoms with van der Waals surface area (Å²) in [6, 6.07) is 1.39. The van der Waals surface area contributed by atoms with E-state index in [0.717, 1.165) is 12.0 Å². The van der Waals surface area contributed by atoms with E-state index in [1.54, 1.807) is 25.5 Å². The average Bonchev–Trinajstić information content (AvgIpc) is 2.40. The highest BCUT2D eigenvalue weighted by atomic mass is 19.4. The molecular weight excluding hydrogens is 273 g/mol. The molecule has 0 aliphatic carbocycles. The molecule has 1 aromatic heterocycles.